The van der Waals surface area contributed by atoms with Crippen molar-refractivity contribution in [3.8, 4) is 5.75 Å². The molecule has 0 atom stereocenters. The summed E-state index contributed by atoms with van der Waals surface area (Å²) in [5, 5.41) is 2.55. The normalized spacial score (nSPS) is 12.0. The van der Waals surface area contributed by atoms with Crippen LogP contribution in [0.25, 0.3) is 0 Å². The zero-order valence-corrected chi connectivity index (χ0v) is 17.6. The fourth-order valence-corrected chi connectivity index (χ4v) is 4.53. The number of rotatable bonds is 7. The molecule has 0 radical (unpaired) electrons. The van der Waals surface area contributed by atoms with Gasteiger partial charge in [-0.1, -0.05) is 19.1 Å². The summed E-state index contributed by atoms with van der Waals surface area (Å²) >= 11 is 0. The van der Waals surface area contributed by atoms with E-state index in [9.17, 15) is 21.6 Å². The molecule has 10 heteroatoms. The van der Waals surface area contributed by atoms with Crippen molar-refractivity contribution in [2.45, 2.75) is 16.7 Å². The minimum atomic E-state index is -3.85. The van der Waals surface area contributed by atoms with Crippen LogP contribution in [0, 0.1) is 0 Å². The van der Waals surface area contributed by atoms with Crippen molar-refractivity contribution in [2.24, 2.45) is 0 Å². The maximum Gasteiger partial charge on any atom is 0.255 e. The third-order valence-electron chi connectivity index (χ3n) is 4.03. The van der Waals surface area contributed by atoms with Crippen LogP contribution in [0.2, 0.25) is 0 Å². The van der Waals surface area contributed by atoms with E-state index < -0.39 is 25.8 Å². The van der Waals surface area contributed by atoms with Crippen LogP contribution in [0.4, 0.5) is 5.69 Å². The van der Waals surface area contributed by atoms with Gasteiger partial charge in [-0.05, 0) is 30.3 Å². The second-order valence-corrected chi connectivity index (χ2v) is 10.4. The molecule has 0 unspecified atom stereocenters. The van der Waals surface area contributed by atoms with Gasteiger partial charge in [-0.3, -0.25) is 4.79 Å². The Labute approximate surface area is 165 Å². The first-order valence-corrected chi connectivity index (χ1v) is 11.4. The first-order chi connectivity index (χ1) is 13.0. The van der Waals surface area contributed by atoms with Crippen LogP contribution in [-0.2, 0) is 19.9 Å². The molecule has 2 aromatic carbocycles. The number of para-hydroxylation sites is 1. The largest absolute Gasteiger partial charge is 0.495 e. The predicted molar refractivity (Wildman–Crippen MR) is 106 cm³/mol. The van der Waals surface area contributed by atoms with Gasteiger partial charge in [-0.2, -0.15) is 0 Å². The topological polar surface area (TPSA) is 110 Å². The standard InChI is InChI=1S/C18H22N2O6S2/c1-5-27(22,23)16-9-7-6-8-14(16)19-18(21)13-10-11-15(26-4)17(12-13)28(24,25)20(2)3/h6-12H,5H2,1-4H3,(H,19,21). The van der Waals surface area contributed by atoms with Gasteiger partial charge in [0, 0.05) is 19.7 Å². The summed E-state index contributed by atoms with van der Waals surface area (Å²) in [6.07, 6.45) is 0. The first-order valence-electron chi connectivity index (χ1n) is 8.28. The number of nitrogens with one attached hydrogen (secondary N) is 1. The minimum absolute atomic E-state index is 0.000461. The van der Waals surface area contributed by atoms with Gasteiger partial charge in [0.1, 0.15) is 10.6 Å². The highest BCUT2D eigenvalue weighted by atomic mass is 32.2. The van der Waals surface area contributed by atoms with Gasteiger partial charge in [0.15, 0.2) is 9.84 Å². The molecule has 0 heterocycles. The molecule has 0 bridgehead atoms. The molecular formula is C18H22N2O6S2. The molecule has 0 spiro atoms. The Morgan fingerprint density at radius 3 is 2.25 bits per heavy atom. The van der Waals surface area contributed by atoms with E-state index in [-0.39, 0.29) is 32.5 Å². The number of amides is 1. The second-order valence-electron chi connectivity index (χ2n) is 6.01. The van der Waals surface area contributed by atoms with Crippen LogP contribution in [0.3, 0.4) is 0 Å². The smallest absolute Gasteiger partial charge is 0.255 e. The average Bonchev–Trinajstić information content (AvgIpc) is 2.67. The van der Waals surface area contributed by atoms with Gasteiger partial charge in [-0.25, -0.2) is 21.1 Å². The van der Waals surface area contributed by atoms with E-state index in [1.165, 1.54) is 58.5 Å². The number of sulfone groups is 1. The Morgan fingerprint density at radius 2 is 1.68 bits per heavy atom. The van der Waals surface area contributed by atoms with Crippen LogP contribution < -0.4 is 10.1 Å². The Balaban J connectivity index is 2.48. The van der Waals surface area contributed by atoms with E-state index in [0.717, 1.165) is 4.31 Å². The van der Waals surface area contributed by atoms with Crippen molar-refractivity contribution in [3.63, 3.8) is 0 Å². The van der Waals surface area contributed by atoms with Crippen molar-refractivity contribution in [2.75, 3.05) is 32.3 Å². The van der Waals surface area contributed by atoms with E-state index >= 15 is 0 Å². The zero-order chi connectivity index (χ0) is 21.1. The van der Waals surface area contributed by atoms with Crippen LogP contribution in [0.15, 0.2) is 52.3 Å². The number of carbonyl (C=O) groups excluding carboxylic acids is 1. The van der Waals surface area contributed by atoms with E-state index in [0.29, 0.717) is 0 Å². The Hall–Kier alpha value is -2.43. The quantitative estimate of drug-likeness (QED) is 0.725. The van der Waals surface area contributed by atoms with Crippen LogP contribution in [0.1, 0.15) is 17.3 Å². The summed E-state index contributed by atoms with van der Waals surface area (Å²) in [7, 11) is -3.33. The van der Waals surface area contributed by atoms with Gasteiger partial charge in [0.05, 0.1) is 23.4 Å². The van der Waals surface area contributed by atoms with Crippen LogP contribution in [-0.4, -0.2) is 54.0 Å². The van der Waals surface area contributed by atoms with E-state index in [1.54, 1.807) is 12.1 Å². The summed E-state index contributed by atoms with van der Waals surface area (Å²) in [6.45, 7) is 1.51. The molecule has 0 saturated heterocycles. The second kappa shape index (κ2) is 8.29. The molecule has 0 aliphatic carbocycles. The van der Waals surface area contributed by atoms with E-state index in [1.807, 2.05) is 0 Å². The summed E-state index contributed by atoms with van der Waals surface area (Å²) < 4.78 is 55.6. The number of benzene rings is 2. The highest BCUT2D eigenvalue weighted by molar-refractivity contribution is 7.91. The molecule has 152 valence electrons. The van der Waals surface area contributed by atoms with Crippen molar-refractivity contribution in [1.82, 2.24) is 4.31 Å². The molecule has 2 rings (SSSR count). The fourth-order valence-electron chi connectivity index (χ4n) is 2.41. The van der Waals surface area contributed by atoms with Crippen molar-refractivity contribution in [1.29, 1.82) is 0 Å². The molecule has 1 amide bonds. The molecule has 0 aliphatic rings. The van der Waals surface area contributed by atoms with E-state index in [4.69, 9.17) is 4.74 Å². The number of hydrogen-bond acceptors (Lipinski definition) is 6. The Kier molecular flexibility index (Phi) is 6.48. The van der Waals surface area contributed by atoms with Crippen LogP contribution >= 0.6 is 0 Å². The Morgan fingerprint density at radius 1 is 1.04 bits per heavy atom. The van der Waals surface area contributed by atoms with Crippen LogP contribution in [0.5, 0.6) is 5.75 Å². The number of carbonyl (C=O) groups is 1. The molecule has 8 nitrogen and oxygen atoms in total. The molecule has 0 aliphatic heterocycles. The van der Waals surface area contributed by atoms with Crippen molar-refractivity contribution in [3.05, 3.63) is 48.0 Å². The Bertz CT molecular complexity index is 1090. The minimum Gasteiger partial charge on any atom is -0.495 e. The highest BCUT2D eigenvalue weighted by Crippen LogP contribution is 2.28. The lowest BCUT2D eigenvalue weighted by atomic mass is 10.2. The molecule has 1 N–H and O–H groups in total. The van der Waals surface area contributed by atoms with Gasteiger partial charge in [0.2, 0.25) is 10.0 Å². The summed E-state index contributed by atoms with van der Waals surface area (Å²) in [6, 6.07) is 10.0. The lowest BCUT2D eigenvalue weighted by Crippen LogP contribution is -2.23. The van der Waals surface area contributed by atoms with Gasteiger partial charge >= 0.3 is 0 Å². The third-order valence-corrected chi connectivity index (χ3v) is 7.66. The van der Waals surface area contributed by atoms with Gasteiger partial charge in [-0.15, -0.1) is 0 Å². The number of methoxy groups -OCH3 is 1. The maximum absolute atomic E-state index is 12.7. The highest BCUT2D eigenvalue weighted by Gasteiger charge is 2.24. The molecule has 28 heavy (non-hydrogen) atoms. The van der Waals surface area contributed by atoms with Gasteiger partial charge in [0.25, 0.3) is 5.91 Å². The predicted octanol–water partition coefficient (Wildman–Crippen LogP) is 1.99. The van der Waals surface area contributed by atoms with E-state index in [2.05, 4.69) is 5.32 Å². The molecule has 0 aromatic heterocycles. The molecule has 0 fully saturated rings. The monoisotopic (exact) mass is 426 g/mol. The number of ether oxygens (including phenoxy) is 1. The third kappa shape index (κ3) is 4.34. The number of nitrogens with zero attached hydrogens (tertiary/aromatic N) is 1. The lowest BCUT2D eigenvalue weighted by molar-refractivity contribution is 0.102. The SMILES string of the molecule is CCS(=O)(=O)c1ccccc1NC(=O)c1ccc(OC)c(S(=O)(=O)N(C)C)c1. The molecular weight excluding hydrogens is 404 g/mol. The lowest BCUT2D eigenvalue weighted by Gasteiger charge is -2.16. The molecule has 0 saturated carbocycles. The average molecular weight is 427 g/mol. The summed E-state index contributed by atoms with van der Waals surface area (Å²) in [4.78, 5) is 12.5. The zero-order valence-electron chi connectivity index (χ0n) is 16.0. The van der Waals surface area contributed by atoms with Crippen molar-refractivity contribution < 1.29 is 26.4 Å². The molecule has 2 aromatic rings. The summed E-state index contributed by atoms with van der Waals surface area (Å²) in [5.41, 5.74) is 0.173. The number of anilines is 1. The number of hydrogen-bond donors (Lipinski definition) is 1. The van der Waals surface area contributed by atoms with Crippen molar-refractivity contribution >= 4 is 31.5 Å². The van der Waals surface area contributed by atoms with Gasteiger partial charge < -0.3 is 10.1 Å². The number of sulfonamides is 1. The maximum atomic E-state index is 12.7. The fraction of sp³-hybridized carbons (Fsp3) is 0.278. The first kappa shape index (κ1) is 21.9. The summed E-state index contributed by atoms with van der Waals surface area (Å²) in [5.74, 6) is -0.663.